The van der Waals surface area contributed by atoms with Crippen molar-refractivity contribution in [2.24, 2.45) is 5.92 Å². The molecule has 1 aromatic rings. The summed E-state index contributed by atoms with van der Waals surface area (Å²) in [7, 11) is -3.88. The highest BCUT2D eigenvalue weighted by molar-refractivity contribution is 7.89. The summed E-state index contributed by atoms with van der Waals surface area (Å²) >= 11 is 0. The molecule has 0 bridgehead atoms. The van der Waals surface area contributed by atoms with Crippen LogP contribution in [0.2, 0.25) is 0 Å². The molecule has 1 saturated heterocycles. The van der Waals surface area contributed by atoms with Gasteiger partial charge in [0.25, 0.3) is 0 Å². The maximum absolute atomic E-state index is 13.3. The van der Waals surface area contributed by atoms with Gasteiger partial charge in [0.15, 0.2) is 11.6 Å². The zero-order chi connectivity index (χ0) is 20.9. The van der Waals surface area contributed by atoms with Gasteiger partial charge in [-0.3, -0.25) is 4.79 Å². The van der Waals surface area contributed by atoms with Crippen molar-refractivity contribution in [3.8, 4) is 5.75 Å². The zero-order valence-electron chi connectivity index (χ0n) is 16.8. The fraction of sp³-hybridized carbons (Fsp3) is 0.696. The number of nitrogens with one attached hydrogen (secondary N) is 1. The first-order valence-electron chi connectivity index (χ1n) is 10.7. The van der Waals surface area contributed by atoms with Crippen LogP contribution in [-0.2, 0) is 14.8 Å². The number of amides is 1. The number of aromatic hydroxyl groups is 1. The van der Waals surface area contributed by atoms with E-state index in [0.717, 1.165) is 50.7 Å². The molecule has 0 aromatic heterocycles. The molecule has 1 aromatic carbocycles. The number of phenolic OH excluding ortho intramolecular Hbond substituents is 1. The Morgan fingerprint density at radius 2 is 1.65 bits per heavy atom. The van der Waals surface area contributed by atoms with Crippen molar-refractivity contribution in [1.82, 2.24) is 9.62 Å². The molecule has 1 aliphatic carbocycles. The third kappa shape index (κ3) is 6.91. The number of piperidine rings is 1. The lowest BCUT2D eigenvalue weighted by molar-refractivity contribution is -0.125. The van der Waals surface area contributed by atoms with Gasteiger partial charge in [-0.05, 0) is 37.8 Å². The Morgan fingerprint density at radius 3 is 2.29 bits per heavy atom. The van der Waals surface area contributed by atoms with Crippen LogP contribution in [0.3, 0.4) is 0 Å². The number of hydrogen-bond acceptors (Lipinski definition) is 4. The van der Waals surface area contributed by atoms with Crippen molar-refractivity contribution < 1.29 is 22.7 Å². The van der Waals surface area contributed by atoms with E-state index >= 15 is 0 Å². The van der Waals surface area contributed by atoms with Crippen molar-refractivity contribution in [2.75, 3.05) is 13.1 Å². The summed E-state index contributed by atoms with van der Waals surface area (Å²) in [5, 5.41) is 12.6. The van der Waals surface area contributed by atoms with Crippen LogP contribution in [0.4, 0.5) is 4.39 Å². The smallest absolute Gasteiger partial charge is 0.243 e. The lowest BCUT2D eigenvalue weighted by atomic mass is 9.90. The largest absolute Gasteiger partial charge is 0.505 e. The molecule has 2 fully saturated rings. The Kier molecular flexibility index (Phi) is 10.9. The zero-order valence-corrected chi connectivity index (χ0v) is 17.6. The summed E-state index contributed by atoms with van der Waals surface area (Å²) < 4.78 is 40.9. The molecule has 1 unspecified atom stereocenters. The first-order chi connectivity index (χ1) is 13.9. The molecular formula is C23H39FN2O4S. The van der Waals surface area contributed by atoms with Gasteiger partial charge in [-0.1, -0.05) is 53.4 Å². The molecule has 8 heteroatoms. The molecular weight excluding hydrogens is 419 g/mol. The fourth-order valence-electron chi connectivity index (χ4n) is 4.36. The van der Waals surface area contributed by atoms with Gasteiger partial charge in [-0.25, -0.2) is 12.8 Å². The van der Waals surface area contributed by atoms with Gasteiger partial charge in [0.2, 0.25) is 15.9 Å². The van der Waals surface area contributed by atoms with E-state index in [1.54, 1.807) is 0 Å². The Bertz CT molecular complexity index is 808. The molecule has 1 atom stereocenters. The summed E-state index contributed by atoms with van der Waals surface area (Å²) in [4.78, 5) is 12.5. The van der Waals surface area contributed by atoms with E-state index < -0.39 is 21.6 Å². The van der Waals surface area contributed by atoms with Gasteiger partial charge in [0, 0.05) is 31.1 Å². The van der Waals surface area contributed by atoms with Crippen LogP contribution in [0, 0.1) is 11.7 Å². The van der Waals surface area contributed by atoms with Crippen LogP contribution in [0.1, 0.15) is 79.1 Å². The fourth-order valence-corrected chi connectivity index (χ4v) is 6.08. The van der Waals surface area contributed by atoms with E-state index in [9.17, 15) is 22.7 Å². The summed E-state index contributed by atoms with van der Waals surface area (Å²) in [6.07, 6.45) is 9.79. The minimum atomic E-state index is -3.88. The van der Waals surface area contributed by atoms with Crippen LogP contribution >= 0.6 is 0 Å². The van der Waals surface area contributed by atoms with Gasteiger partial charge >= 0.3 is 0 Å². The Hall–Kier alpha value is -1.67. The quantitative estimate of drug-likeness (QED) is 0.662. The molecule has 1 aliphatic heterocycles. The van der Waals surface area contributed by atoms with E-state index in [1.807, 2.05) is 0 Å². The second-order valence-corrected chi connectivity index (χ2v) is 10.1. The number of hydrogen-bond donors (Lipinski definition) is 2. The topological polar surface area (TPSA) is 86.7 Å². The number of carbonyl (C=O) groups is 1. The van der Waals surface area contributed by atoms with E-state index in [4.69, 9.17) is 0 Å². The molecule has 0 spiro atoms. The van der Waals surface area contributed by atoms with Gasteiger partial charge in [0.05, 0.1) is 4.90 Å². The maximum Gasteiger partial charge on any atom is 0.243 e. The minimum absolute atomic E-state index is 0. The minimum Gasteiger partial charge on any atom is -0.505 e. The first kappa shape index (κ1) is 27.4. The van der Waals surface area contributed by atoms with Gasteiger partial charge in [-0.2, -0.15) is 4.31 Å². The van der Waals surface area contributed by atoms with Crippen LogP contribution in [0.25, 0.3) is 0 Å². The number of phenols is 1. The molecule has 1 saturated carbocycles. The molecule has 3 rings (SSSR count). The van der Waals surface area contributed by atoms with Crippen molar-refractivity contribution in [1.29, 1.82) is 0 Å². The number of sulfonamides is 1. The molecule has 6 nitrogen and oxygen atoms in total. The highest BCUT2D eigenvalue weighted by Crippen LogP contribution is 2.28. The third-order valence-corrected chi connectivity index (χ3v) is 8.03. The average Bonchev–Trinajstić information content (AvgIpc) is 2.68. The van der Waals surface area contributed by atoms with Crippen molar-refractivity contribution >= 4 is 15.9 Å². The molecule has 2 N–H and O–H groups in total. The molecule has 31 heavy (non-hydrogen) atoms. The predicted molar refractivity (Wildman–Crippen MR) is 122 cm³/mol. The normalized spacial score (nSPS) is 21.1. The van der Waals surface area contributed by atoms with Gasteiger partial charge in [0.1, 0.15) is 0 Å². The van der Waals surface area contributed by atoms with Crippen molar-refractivity contribution in [3.63, 3.8) is 0 Å². The third-order valence-electron chi connectivity index (χ3n) is 6.09. The highest BCUT2D eigenvalue weighted by Gasteiger charge is 2.34. The Balaban J connectivity index is 0.00000240. The van der Waals surface area contributed by atoms with Gasteiger partial charge in [-0.15, -0.1) is 0 Å². The van der Waals surface area contributed by atoms with Gasteiger partial charge < -0.3 is 10.4 Å². The van der Waals surface area contributed by atoms with E-state index in [0.29, 0.717) is 13.0 Å². The number of nitrogens with zero attached hydrogens (tertiary/aromatic N) is 1. The Labute approximate surface area is 187 Å². The monoisotopic (exact) mass is 458 g/mol. The molecule has 2 aliphatic rings. The first-order valence-corrected chi connectivity index (χ1v) is 12.1. The number of carbonyl (C=O) groups excluding carboxylic acids is 1. The molecule has 1 heterocycles. The number of halogens is 1. The second kappa shape index (κ2) is 12.4. The maximum atomic E-state index is 13.3. The lowest BCUT2D eigenvalue weighted by Gasteiger charge is -2.35. The number of benzene rings is 1. The van der Waals surface area contributed by atoms with E-state index in [2.05, 4.69) is 5.32 Å². The average molecular weight is 459 g/mol. The predicted octanol–water partition coefficient (Wildman–Crippen LogP) is 4.82. The van der Waals surface area contributed by atoms with Crippen LogP contribution < -0.4 is 5.32 Å². The highest BCUT2D eigenvalue weighted by atomic mass is 32.2. The van der Waals surface area contributed by atoms with Crippen LogP contribution in [-0.4, -0.2) is 42.9 Å². The molecule has 1 amide bonds. The van der Waals surface area contributed by atoms with Crippen molar-refractivity contribution in [3.05, 3.63) is 24.0 Å². The Morgan fingerprint density at radius 1 is 1.03 bits per heavy atom. The molecule has 0 radical (unpaired) electrons. The molecule has 178 valence electrons. The standard InChI is InChI=1S/C21H31FN2O4S.2CH4/c22-19-12-11-18(14-20(19)25)29(27,28)24-13-7-6-10-17(24)15-23-21(26)16-8-4-2-1-3-5-9-16;;/h11-12,14,16-17,25H,1-10,13,15H2,(H,23,26);2*1H4. The summed E-state index contributed by atoms with van der Waals surface area (Å²) in [5.74, 6) is -1.50. The second-order valence-electron chi connectivity index (χ2n) is 8.17. The van der Waals surface area contributed by atoms with Crippen molar-refractivity contribution in [2.45, 2.75) is 90.0 Å². The van der Waals surface area contributed by atoms with E-state index in [1.165, 1.54) is 29.6 Å². The number of rotatable bonds is 5. The summed E-state index contributed by atoms with van der Waals surface area (Å²) in [6.45, 7) is 0.631. The van der Waals surface area contributed by atoms with E-state index in [-0.39, 0.29) is 44.2 Å². The summed E-state index contributed by atoms with van der Waals surface area (Å²) in [6, 6.07) is 2.74. The lowest BCUT2D eigenvalue weighted by Crippen LogP contribution is -2.50. The van der Waals surface area contributed by atoms with Crippen LogP contribution in [0.15, 0.2) is 23.1 Å². The van der Waals surface area contributed by atoms with Crippen LogP contribution in [0.5, 0.6) is 5.75 Å². The SMILES string of the molecule is C.C.O=C(NCC1CCCCN1S(=O)(=O)c1ccc(F)c(O)c1)C1CCCCCCC1. The summed E-state index contributed by atoms with van der Waals surface area (Å²) in [5.41, 5.74) is 0.